The van der Waals surface area contributed by atoms with Gasteiger partial charge in [0.25, 0.3) is 0 Å². The SMILES string of the molecule is CC(C)(C)c1ccc2c(c1)[C@H]1OCCO[C@H]1[C@@H](c1ccccc1)N2.CC(C)c1ccc2c(c1)C1OCCOC1C(c1c(F)cccc1F)N2.CC(C)c1ccc2c(c1)C1OCCOC1C(c1ccccc1F)N2.CC(C)c1ccc2c(c1)[C@H]1OCCO[C@H]1[C@H](c1c(F)cccc1F)N2.CC(C)c1ccc2c(c1)[C@H]1OCCO[C@H]1[C@H](c1ccsc1)N2.CCc1ccc2c(c1)[C@H]1OCCO[C@H]1[C@H](c1ccsc1)N2. The molecule has 10 aromatic carbocycles. The van der Waals surface area contributed by atoms with Gasteiger partial charge in [-0.2, -0.15) is 22.7 Å². The summed E-state index contributed by atoms with van der Waals surface area (Å²) in [5, 5.41) is 29.7. The van der Waals surface area contributed by atoms with Crippen molar-refractivity contribution in [3.05, 3.63) is 363 Å². The third kappa shape index (κ3) is 21.3. The van der Waals surface area contributed by atoms with E-state index in [4.69, 9.17) is 56.8 Å². The van der Waals surface area contributed by atoms with Crippen molar-refractivity contribution in [2.75, 3.05) is 111 Å². The molecule has 6 unspecified atom stereocenters. The van der Waals surface area contributed by atoms with Crippen molar-refractivity contribution in [3.63, 3.8) is 0 Å². The number of ether oxygens (including phenoxy) is 12. The zero-order chi connectivity index (χ0) is 97.9. The molecule has 0 amide bonds. The van der Waals surface area contributed by atoms with E-state index in [2.05, 4.69) is 258 Å². The molecule has 12 aliphatic heterocycles. The Morgan fingerprint density at radius 2 is 0.560 bits per heavy atom. The van der Waals surface area contributed by atoms with Crippen molar-refractivity contribution in [2.45, 2.75) is 228 Å². The van der Waals surface area contributed by atoms with Crippen LogP contribution < -0.4 is 31.9 Å². The van der Waals surface area contributed by atoms with Crippen molar-refractivity contribution >= 4 is 56.8 Å². The standard InChI is InChI=1S/C21H25NO2.2C20H21F2NO2.C20H22FNO2.C18H21NO2S.C17H19NO2S/c1-21(2,3)15-9-10-17-16(13-15)19-20(24-12-11-23-19)18(22-17)14-7-5-4-6-8-14;2*1-11(2)12-6-7-16-13(10-12)19-20(25-9-8-24-19)18(23-16)17-14(21)4-3-5-15(17)22;1-12(2)13-7-8-17-15(11-13)19-20(24-10-9-23-19)18(22-17)14-5-3-4-6-16(14)21;1-11(2)12-3-4-15-14(9-12)17-18(21-7-6-20-17)16(19-15)13-5-8-22-10-13;1-2-11-3-4-14-13(9-11)16-17(20-7-6-19-16)15(18-14)12-5-8-21-10-12/h4-10,13,18-20,22H,11-12H2,1-3H3;2*3-7,10-11,18-20,23H,8-9H2,1-2H3;3-8,11-12,18-20,22H,9-10H2,1-2H3;3-5,8-11,16-19H,6-7H2,1-2H3;3-5,8-10,15-18H,2,6-7H2,1H3/t18-,19-,20+;18-,19+,20-;;;16-,17+,18-;15-,16+,17-/m10..00/s1. The summed E-state index contributed by atoms with van der Waals surface area (Å²) in [6, 6.07) is 67.1. The maximum absolute atomic E-state index is 14.4. The highest BCUT2D eigenvalue weighted by molar-refractivity contribution is 7.08. The number of halogens is 5. The molecule has 0 aliphatic carbocycles. The van der Waals surface area contributed by atoms with Crippen LogP contribution in [-0.2, 0) is 68.7 Å². The van der Waals surface area contributed by atoms with E-state index in [-0.39, 0.29) is 108 Å². The van der Waals surface area contributed by atoms with Crippen molar-refractivity contribution in [2.24, 2.45) is 0 Å². The zero-order valence-corrected chi connectivity index (χ0v) is 83.6. The summed E-state index contributed by atoms with van der Waals surface area (Å²) >= 11 is 3.45. The van der Waals surface area contributed by atoms with Gasteiger partial charge >= 0.3 is 0 Å². The topological polar surface area (TPSA) is 183 Å². The van der Waals surface area contributed by atoms with Gasteiger partial charge < -0.3 is 88.7 Å². The van der Waals surface area contributed by atoms with Crippen LogP contribution in [0.5, 0.6) is 0 Å². The van der Waals surface area contributed by atoms with Crippen LogP contribution in [0.15, 0.2) is 234 Å². The molecule has 0 saturated carbocycles. The van der Waals surface area contributed by atoms with E-state index in [1.807, 2.05) is 42.5 Å². The molecule has 12 aromatic rings. The van der Waals surface area contributed by atoms with Crippen molar-refractivity contribution in [3.8, 4) is 0 Å². The molecule has 25 heteroatoms. The summed E-state index contributed by atoms with van der Waals surface area (Å²) in [5.41, 5.74) is 25.2. The number of anilines is 6. The first-order valence-corrected chi connectivity index (χ1v) is 51.8. The molecule has 6 N–H and O–H groups in total. The average molecular weight is 1960 g/mol. The van der Waals surface area contributed by atoms with Gasteiger partial charge in [0.05, 0.1) is 116 Å². The lowest BCUT2D eigenvalue weighted by atomic mass is 9.82. The van der Waals surface area contributed by atoms with Gasteiger partial charge in [-0.15, -0.1) is 0 Å². The fourth-order valence-electron chi connectivity index (χ4n) is 21.3. The average Bonchev–Trinajstić information content (AvgIpc) is 1.72. The van der Waals surface area contributed by atoms with Gasteiger partial charge in [0.15, 0.2) is 0 Å². The van der Waals surface area contributed by atoms with Gasteiger partial charge in [-0.25, -0.2) is 22.0 Å². The molecule has 6 fully saturated rings. The smallest absolute Gasteiger partial charge is 0.131 e. The van der Waals surface area contributed by atoms with Crippen LogP contribution in [0.2, 0.25) is 0 Å². The Balaban J connectivity index is 0.000000108. The Bertz CT molecular complexity index is 6100. The van der Waals surface area contributed by atoms with E-state index >= 15 is 0 Å². The first kappa shape index (κ1) is 99.3. The number of nitrogens with one attached hydrogen (secondary N) is 6. The van der Waals surface area contributed by atoms with Crippen LogP contribution in [0.3, 0.4) is 0 Å². The first-order chi connectivity index (χ1) is 68.4. The van der Waals surface area contributed by atoms with Crippen LogP contribution in [0.1, 0.15) is 280 Å². The maximum atomic E-state index is 14.4. The van der Waals surface area contributed by atoms with Crippen LogP contribution in [0.25, 0.3) is 0 Å². The summed E-state index contributed by atoms with van der Waals surface area (Å²) in [7, 11) is 0. The summed E-state index contributed by atoms with van der Waals surface area (Å²) in [6.07, 6.45) is -0.855. The normalized spacial score (nSPS) is 26.1. The van der Waals surface area contributed by atoms with Gasteiger partial charge in [0.2, 0.25) is 0 Å². The molecular weight excluding hydrogens is 1830 g/mol. The van der Waals surface area contributed by atoms with Crippen molar-refractivity contribution < 1.29 is 78.8 Å². The van der Waals surface area contributed by atoms with Crippen LogP contribution in [0.4, 0.5) is 56.1 Å². The number of thiophene rings is 2. The molecule has 18 atom stereocenters. The largest absolute Gasteiger partial charge is 0.375 e. The second-order valence-corrected chi connectivity index (χ2v) is 41.7. The van der Waals surface area contributed by atoms with E-state index in [0.717, 1.165) is 45.9 Å². The Kier molecular flexibility index (Phi) is 31.0. The fourth-order valence-corrected chi connectivity index (χ4v) is 22.6. The van der Waals surface area contributed by atoms with Gasteiger partial charge in [-0.05, 0) is 186 Å². The molecule has 0 radical (unpaired) electrons. The minimum atomic E-state index is -0.635. The lowest BCUT2D eigenvalue weighted by Crippen LogP contribution is -2.43. The first-order valence-electron chi connectivity index (χ1n) is 49.9. The number of benzene rings is 10. The quantitative estimate of drug-likeness (QED) is 0.0672. The Morgan fingerprint density at radius 3 is 0.894 bits per heavy atom. The van der Waals surface area contributed by atoms with Gasteiger partial charge in [0.1, 0.15) is 102 Å². The predicted octanol–water partition coefficient (Wildman–Crippen LogP) is 27.0. The maximum Gasteiger partial charge on any atom is 0.131 e. The molecule has 2 aromatic heterocycles. The predicted molar refractivity (Wildman–Crippen MR) is 546 cm³/mol. The lowest BCUT2D eigenvalue weighted by Gasteiger charge is -2.43. The highest BCUT2D eigenvalue weighted by Crippen LogP contribution is 2.54. The number of fused-ring (bicyclic) bond motifs is 18. The third-order valence-electron chi connectivity index (χ3n) is 28.8. The van der Waals surface area contributed by atoms with Gasteiger partial charge in [-0.3, -0.25) is 0 Å². The molecule has 14 heterocycles. The molecular formula is C116H129F5N6O12S2. The third-order valence-corrected chi connectivity index (χ3v) is 30.3. The highest BCUT2D eigenvalue weighted by atomic mass is 32.1. The minimum Gasteiger partial charge on any atom is -0.375 e. The Labute approximate surface area is 832 Å². The molecule has 141 heavy (non-hydrogen) atoms. The molecule has 0 spiro atoms. The molecule has 18 nitrogen and oxygen atoms in total. The monoisotopic (exact) mass is 1960 g/mol. The molecule has 12 aliphatic rings. The number of rotatable bonds is 11. The van der Waals surface area contributed by atoms with Crippen LogP contribution in [0, 0.1) is 29.1 Å². The molecule has 24 rings (SSSR count). The summed E-state index contributed by atoms with van der Waals surface area (Å²) in [6.45, 7) is 33.1. The van der Waals surface area contributed by atoms with E-state index in [1.165, 1.54) is 121 Å². The van der Waals surface area contributed by atoms with Crippen LogP contribution >= 0.6 is 22.7 Å². The zero-order valence-electron chi connectivity index (χ0n) is 82.0. The second-order valence-electron chi connectivity index (χ2n) is 40.1. The Hall–Kier alpha value is -10.4. The molecule has 6 saturated heterocycles. The number of hydrogen-bond acceptors (Lipinski definition) is 20. The van der Waals surface area contributed by atoms with E-state index < -0.39 is 47.6 Å². The van der Waals surface area contributed by atoms with Crippen molar-refractivity contribution in [1.29, 1.82) is 0 Å². The number of aryl methyl sites for hydroxylation is 1. The van der Waals surface area contributed by atoms with E-state index in [9.17, 15) is 22.0 Å². The van der Waals surface area contributed by atoms with Crippen LogP contribution in [-0.4, -0.2) is 116 Å². The Morgan fingerprint density at radius 1 is 0.277 bits per heavy atom. The fraction of sp³-hybridized carbons (Fsp3) is 0.414. The van der Waals surface area contributed by atoms with E-state index in [1.54, 1.807) is 28.7 Å². The summed E-state index contributed by atoms with van der Waals surface area (Å²) in [5.74, 6) is -0.790. The van der Waals surface area contributed by atoms with E-state index in [0.29, 0.717) is 109 Å². The second kappa shape index (κ2) is 44.0. The lowest BCUT2D eigenvalue weighted by molar-refractivity contribution is -0.151. The van der Waals surface area contributed by atoms with Gasteiger partial charge in [-0.1, -0.05) is 217 Å². The summed E-state index contributed by atoms with van der Waals surface area (Å²) in [4.78, 5) is 0. The minimum absolute atomic E-state index is 0.00147. The van der Waals surface area contributed by atoms with Crippen molar-refractivity contribution in [1.82, 2.24) is 0 Å². The number of hydrogen-bond donors (Lipinski definition) is 6. The van der Waals surface area contributed by atoms with Gasteiger partial charge in [0, 0.05) is 84.2 Å². The highest BCUT2D eigenvalue weighted by Gasteiger charge is 2.50. The molecule has 0 bridgehead atoms. The molecule has 742 valence electrons. The summed E-state index contributed by atoms with van der Waals surface area (Å²) < 4.78 is 144.